The van der Waals surface area contributed by atoms with E-state index in [0.29, 0.717) is 5.92 Å². The summed E-state index contributed by atoms with van der Waals surface area (Å²) >= 11 is 0. The highest BCUT2D eigenvalue weighted by Crippen LogP contribution is 2.19. The van der Waals surface area contributed by atoms with E-state index >= 15 is 0 Å². The van der Waals surface area contributed by atoms with Crippen LogP contribution in [0.3, 0.4) is 0 Å². The number of nitrogens with two attached hydrogens (primary N) is 1. The molecule has 2 atom stereocenters. The number of rotatable bonds is 3. The Morgan fingerprint density at radius 3 is 2.82 bits per heavy atom. The Labute approximate surface area is 67.8 Å². The van der Waals surface area contributed by atoms with E-state index in [1.165, 1.54) is 0 Å². The summed E-state index contributed by atoms with van der Waals surface area (Å²) in [7, 11) is 0. The maximum absolute atomic E-state index is 5.96. The third-order valence-corrected chi connectivity index (χ3v) is 2.24. The first-order valence-electron chi connectivity index (χ1n) is 4.14. The summed E-state index contributed by atoms with van der Waals surface area (Å²) in [4.78, 5) is 3.13. The molecule has 0 radical (unpaired) electrons. The third kappa shape index (κ3) is 1.84. The fourth-order valence-corrected chi connectivity index (χ4v) is 1.11. The van der Waals surface area contributed by atoms with E-state index in [1.54, 1.807) is 0 Å². The molecule has 11 heavy (non-hydrogen) atoms. The molecule has 0 saturated heterocycles. The highest BCUT2D eigenvalue weighted by molar-refractivity contribution is 5.09. The summed E-state index contributed by atoms with van der Waals surface area (Å²) < 4.78 is 0. The minimum atomic E-state index is 0.162. The van der Waals surface area contributed by atoms with Crippen LogP contribution in [0, 0.1) is 5.92 Å². The van der Waals surface area contributed by atoms with E-state index in [-0.39, 0.29) is 6.04 Å². The molecule has 0 amide bonds. The molecule has 0 spiro atoms. The number of H-pyrrole nitrogens is 1. The first-order valence-corrected chi connectivity index (χ1v) is 4.14. The topological polar surface area (TPSA) is 41.8 Å². The summed E-state index contributed by atoms with van der Waals surface area (Å²) in [5.74, 6) is 0.550. The van der Waals surface area contributed by atoms with Gasteiger partial charge in [-0.1, -0.05) is 20.3 Å². The molecular formula is C9H16N2. The maximum atomic E-state index is 5.96. The Kier molecular flexibility index (Phi) is 2.71. The zero-order valence-electron chi connectivity index (χ0n) is 7.17. The Morgan fingerprint density at radius 1 is 1.64 bits per heavy atom. The average molecular weight is 152 g/mol. The summed E-state index contributed by atoms with van der Waals surface area (Å²) in [6.45, 7) is 4.33. The van der Waals surface area contributed by atoms with Crippen LogP contribution in [0.1, 0.15) is 32.0 Å². The van der Waals surface area contributed by atoms with Crippen LogP contribution in [0.5, 0.6) is 0 Å². The molecule has 0 fully saturated rings. The molecule has 0 aromatic carbocycles. The monoisotopic (exact) mass is 152 g/mol. The Bertz CT molecular complexity index is 191. The van der Waals surface area contributed by atoms with Gasteiger partial charge in [0.2, 0.25) is 0 Å². The van der Waals surface area contributed by atoms with Crippen LogP contribution in [0.25, 0.3) is 0 Å². The van der Waals surface area contributed by atoms with Crippen molar-refractivity contribution in [2.24, 2.45) is 11.7 Å². The quantitative estimate of drug-likeness (QED) is 0.684. The lowest BCUT2D eigenvalue weighted by Crippen LogP contribution is -2.18. The molecule has 0 bridgehead atoms. The maximum Gasteiger partial charge on any atom is 0.0473 e. The predicted octanol–water partition coefficient (Wildman–Crippen LogP) is 2.06. The van der Waals surface area contributed by atoms with Gasteiger partial charge in [-0.15, -0.1) is 0 Å². The van der Waals surface area contributed by atoms with Gasteiger partial charge in [0.15, 0.2) is 0 Å². The lowest BCUT2D eigenvalue weighted by molar-refractivity contribution is 0.450. The number of nitrogens with one attached hydrogen (secondary N) is 1. The summed E-state index contributed by atoms with van der Waals surface area (Å²) in [5.41, 5.74) is 7.10. The minimum Gasteiger partial charge on any atom is -0.364 e. The number of hydrogen-bond acceptors (Lipinski definition) is 1. The van der Waals surface area contributed by atoms with E-state index in [2.05, 4.69) is 18.8 Å². The molecule has 62 valence electrons. The van der Waals surface area contributed by atoms with Crippen LogP contribution < -0.4 is 5.73 Å². The van der Waals surface area contributed by atoms with Crippen molar-refractivity contribution in [3.05, 3.63) is 24.0 Å². The summed E-state index contributed by atoms with van der Waals surface area (Å²) in [6.07, 6.45) is 3.04. The van der Waals surface area contributed by atoms with Gasteiger partial charge in [-0.25, -0.2) is 0 Å². The first kappa shape index (κ1) is 8.34. The second kappa shape index (κ2) is 3.58. The zero-order valence-corrected chi connectivity index (χ0v) is 7.17. The van der Waals surface area contributed by atoms with Gasteiger partial charge in [0.25, 0.3) is 0 Å². The van der Waals surface area contributed by atoms with Crippen LogP contribution >= 0.6 is 0 Å². The fourth-order valence-electron chi connectivity index (χ4n) is 1.11. The molecule has 0 aliphatic heterocycles. The molecule has 2 nitrogen and oxygen atoms in total. The van der Waals surface area contributed by atoms with Gasteiger partial charge < -0.3 is 10.7 Å². The van der Waals surface area contributed by atoms with Gasteiger partial charge in [-0.3, -0.25) is 0 Å². The van der Waals surface area contributed by atoms with Crippen molar-refractivity contribution in [1.82, 2.24) is 4.98 Å². The van der Waals surface area contributed by atoms with Crippen molar-refractivity contribution in [2.75, 3.05) is 0 Å². The molecule has 1 heterocycles. The van der Waals surface area contributed by atoms with Gasteiger partial charge >= 0.3 is 0 Å². The highest BCUT2D eigenvalue weighted by Gasteiger charge is 2.12. The lowest BCUT2D eigenvalue weighted by Gasteiger charge is -2.16. The van der Waals surface area contributed by atoms with E-state index in [1.807, 2.05) is 18.3 Å². The first-order chi connectivity index (χ1) is 5.25. The Balaban J connectivity index is 2.62. The van der Waals surface area contributed by atoms with Gasteiger partial charge in [0, 0.05) is 17.9 Å². The van der Waals surface area contributed by atoms with Gasteiger partial charge in [0.1, 0.15) is 0 Å². The molecule has 1 aromatic rings. The average Bonchev–Trinajstić information content (AvgIpc) is 2.53. The van der Waals surface area contributed by atoms with Crippen molar-refractivity contribution in [3.8, 4) is 0 Å². The minimum absolute atomic E-state index is 0.162. The van der Waals surface area contributed by atoms with E-state index in [4.69, 9.17) is 5.73 Å². The fraction of sp³-hybridized carbons (Fsp3) is 0.556. The molecular weight excluding hydrogens is 136 g/mol. The molecule has 1 rings (SSSR count). The summed E-state index contributed by atoms with van der Waals surface area (Å²) in [5, 5.41) is 0. The standard InChI is InChI=1S/C9H16N2/c1-3-7(2)9(10)8-5-4-6-11-8/h4-7,9,11H,3,10H2,1-2H3/t7?,9-/m0/s1. The smallest absolute Gasteiger partial charge is 0.0473 e. The largest absolute Gasteiger partial charge is 0.364 e. The van der Waals surface area contributed by atoms with Crippen LogP contribution in [0.4, 0.5) is 0 Å². The van der Waals surface area contributed by atoms with Gasteiger partial charge in [0.05, 0.1) is 0 Å². The number of hydrogen-bond donors (Lipinski definition) is 2. The van der Waals surface area contributed by atoms with Gasteiger partial charge in [-0.2, -0.15) is 0 Å². The van der Waals surface area contributed by atoms with Crippen molar-refractivity contribution >= 4 is 0 Å². The molecule has 1 unspecified atom stereocenters. The molecule has 0 aliphatic carbocycles. The SMILES string of the molecule is CCC(C)[C@H](N)c1ccc[nH]1. The summed E-state index contributed by atoms with van der Waals surface area (Å²) in [6, 6.07) is 4.18. The second-order valence-electron chi connectivity index (χ2n) is 3.04. The van der Waals surface area contributed by atoms with E-state index in [0.717, 1.165) is 12.1 Å². The molecule has 0 aliphatic rings. The van der Waals surface area contributed by atoms with Crippen LogP contribution in [0.15, 0.2) is 18.3 Å². The Morgan fingerprint density at radius 2 is 2.36 bits per heavy atom. The van der Waals surface area contributed by atoms with Crippen LogP contribution in [-0.2, 0) is 0 Å². The van der Waals surface area contributed by atoms with Crippen molar-refractivity contribution in [2.45, 2.75) is 26.3 Å². The van der Waals surface area contributed by atoms with Crippen molar-refractivity contribution in [1.29, 1.82) is 0 Å². The number of aromatic amines is 1. The lowest BCUT2D eigenvalue weighted by atomic mass is 9.98. The highest BCUT2D eigenvalue weighted by atomic mass is 14.8. The second-order valence-corrected chi connectivity index (χ2v) is 3.04. The molecule has 2 heteroatoms. The van der Waals surface area contributed by atoms with E-state index < -0.39 is 0 Å². The van der Waals surface area contributed by atoms with Crippen LogP contribution in [0.2, 0.25) is 0 Å². The number of aromatic nitrogens is 1. The van der Waals surface area contributed by atoms with Crippen molar-refractivity contribution < 1.29 is 0 Å². The normalized spacial score (nSPS) is 16.3. The van der Waals surface area contributed by atoms with E-state index in [9.17, 15) is 0 Å². The van der Waals surface area contributed by atoms with Crippen molar-refractivity contribution in [3.63, 3.8) is 0 Å². The van der Waals surface area contributed by atoms with Gasteiger partial charge in [-0.05, 0) is 18.1 Å². The molecule has 0 saturated carbocycles. The molecule has 1 aromatic heterocycles. The third-order valence-electron chi connectivity index (χ3n) is 2.24. The Hall–Kier alpha value is -0.760. The van der Waals surface area contributed by atoms with Crippen LogP contribution in [-0.4, -0.2) is 4.98 Å². The predicted molar refractivity (Wildman–Crippen MR) is 47.2 cm³/mol. The molecule has 3 N–H and O–H groups in total. The zero-order chi connectivity index (χ0) is 8.27.